The van der Waals surface area contributed by atoms with Gasteiger partial charge in [-0.25, -0.2) is 18.7 Å². The van der Waals surface area contributed by atoms with Gasteiger partial charge in [0.15, 0.2) is 5.82 Å². The number of allylic oxidation sites excluding steroid dienone is 1. The van der Waals surface area contributed by atoms with Crippen LogP contribution in [0.5, 0.6) is 0 Å². The Kier molecular flexibility index (Phi) is 6.38. The van der Waals surface area contributed by atoms with Crippen LogP contribution in [0, 0.1) is 17.6 Å². The Morgan fingerprint density at radius 3 is 2.07 bits per heavy atom. The molecule has 0 unspecified atom stereocenters. The maximum Gasteiger partial charge on any atom is 0.159 e. The van der Waals surface area contributed by atoms with E-state index in [1.165, 1.54) is 43.4 Å². The van der Waals surface area contributed by atoms with Crippen molar-refractivity contribution in [2.24, 2.45) is 5.92 Å². The second-order valence-corrected chi connectivity index (χ2v) is 8.71. The maximum absolute atomic E-state index is 13.8. The molecule has 0 N–H and O–H groups in total. The summed E-state index contributed by atoms with van der Waals surface area (Å²) in [5.41, 5.74) is 3.59. The van der Waals surface area contributed by atoms with Crippen molar-refractivity contribution in [1.82, 2.24) is 9.97 Å². The third-order valence-corrected chi connectivity index (χ3v) is 6.71. The summed E-state index contributed by atoms with van der Waals surface area (Å²) in [7, 11) is 0. The SMILES string of the molecule is C=CC[C@H]1CC[C@H](c2ccc(-c3cnc(-c4cc(F)c(Br)c(F)c4)nc3)cc2)CC1. The maximum atomic E-state index is 13.8. The van der Waals surface area contributed by atoms with Crippen LogP contribution in [-0.2, 0) is 0 Å². The Balaban J connectivity index is 1.47. The van der Waals surface area contributed by atoms with Crippen LogP contribution in [-0.4, -0.2) is 9.97 Å². The zero-order valence-electron chi connectivity index (χ0n) is 16.6. The van der Waals surface area contributed by atoms with Crippen molar-refractivity contribution in [3.63, 3.8) is 0 Å². The van der Waals surface area contributed by atoms with Crippen molar-refractivity contribution in [2.75, 3.05) is 0 Å². The van der Waals surface area contributed by atoms with E-state index in [2.05, 4.69) is 56.7 Å². The van der Waals surface area contributed by atoms with Crippen LogP contribution in [0.1, 0.15) is 43.6 Å². The first kappa shape index (κ1) is 20.9. The van der Waals surface area contributed by atoms with Crippen LogP contribution >= 0.6 is 15.9 Å². The van der Waals surface area contributed by atoms with Gasteiger partial charge in [0.05, 0.1) is 4.47 Å². The van der Waals surface area contributed by atoms with E-state index in [1.54, 1.807) is 12.4 Å². The van der Waals surface area contributed by atoms with Crippen molar-refractivity contribution in [3.8, 4) is 22.5 Å². The third-order valence-electron chi connectivity index (χ3n) is 5.96. The molecule has 0 amide bonds. The number of aromatic nitrogens is 2. The number of rotatable bonds is 5. The molecule has 0 saturated heterocycles. The highest BCUT2D eigenvalue weighted by atomic mass is 79.9. The monoisotopic (exact) mass is 468 g/mol. The van der Waals surface area contributed by atoms with Crippen LogP contribution in [0.25, 0.3) is 22.5 Å². The van der Waals surface area contributed by atoms with Crippen molar-refractivity contribution >= 4 is 15.9 Å². The van der Waals surface area contributed by atoms with Crippen LogP contribution in [0.4, 0.5) is 8.78 Å². The standard InChI is InChI=1S/C25H23BrF2N2/c1-2-3-16-4-6-17(7-5-16)18-8-10-19(11-9-18)21-14-29-25(30-15-21)20-12-22(27)24(26)23(28)13-20/h2,8-17H,1,3-7H2/t16-,17-. The lowest BCUT2D eigenvalue weighted by molar-refractivity contribution is 0.328. The first-order valence-electron chi connectivity index (χ1n) is 10.2. The lowest BCUT2D eigenvalue weighted by Crippen LogP contribution is -2.12. The number of hydrogen-bond donors (Lipinski definition) is 0. The number of benzene rings is 2. The summed E-state index contributed by atoms with van der Waals surface area (Å²) in [6, 6.07) is 11.0. The molecule has 4 rings (SSSR count). The van der Waals surface area contributed by atoms with Crippen LogP contribution in [0.2, 0.25) is 0 Å². The molecule has 5 heteroatoms. The molecule has 1 saturated carbocycles. The molecule has 0 radical (unpaired) electrons. The molecule has 2 nitrogen and oxygen atoms in total. The number of nitrogens with zero attached hydrogens (tertiary/aromatic N) is 2. The molecule has 1 fully saturated rings. The lowest BCUT2D eigenvalue weighted by atomic mass is 9.77. The van der Waals surface area contributed by atoms with E-state index in [0.717, 1.165) is 23.5 Å². The molecular formula is C25H23BrF2N2. The van der Waals surface area contributed by atoms with Crippen LogP contribution in [0.3, 0.4) is 0 Å². The zero-order chi connectivity index (χ0) is 21.1. The van der Waals surface area contributed by atoms with E-state index in [0.29, 0.717) is 11.5 Å². The van der Waals surface area contributed by atoms with Gasteiger partial charge in [0, 0.05) is 23.5 Å². The molecule has 0 aliphatic heterocycles. The first-order valence-corrected chi connectivity index (χ1v) is 11.0. The highest BCUT2D eigenvalue weighted by Crippen LogP contribution is 2.37. The van der Waals surface area contributed by atoms with E-state index >= 15 is 0 Å². The molecule has 1 heterocycles. The fourth-order valence-corrected chi connectivity index (χ4v) is 4.45. The Hall–Kier alpha value is -2.40. The fourth-order valence-electron chi connectivity index (χ4n) is 4.23. The summed E-state index contributed by atoms with van der Waals surface area (Å²) in [6.45, 7) is 3.86. The van der Waals surface area contributed by atoms with Gasteiger partial charge in [-0.15, -0.1) is 6.58 Å². The molecule has 1 aliphatic carbocycles. The van der Waals surface area contributed by atoms with Crippen LogP contribution < -0.4 is 0 Å². The Bertz CT molecular complexity index is 1000. The smallest absolute Gasteiger partial charge is 0.159 e. The van der Waals surface area contributed by atoms with E-state index in [-0.39, 0.29) is 10.3 Å². The molecule has 0 bridgehead atoms. The van der Waals surface area contributed by atoms with Gasteiger partial charge in [0.1, 0.15) is 11.6 Å². The first-order chi connectivity index (χ1) is 14.5. The van der Waals surface area contributed by atoms with Crippen molar-refractivity contribution < 1.29 is 8.78 Å². The molecule has 2 aromatic carbocycles. The summed E-state index contributed by atoms with van der Waals surface area (Å²) < 4.78 is 27.4. The Morgan fingerprint density at radius 1 is 0.900 bits per heavy atom. The fraction of sp³-hybridized carbons (Fsp3) is 0.280. The van der Waals surface area contributed by atoms with Crippen molar-refractivity contribution in [3.05, 3.63) is 83.1 Å². The molecular weight excluding hydrogens is 446 g/mol. The molecule has 1 aromatic heterocycles. The Labute approximate surface area is 184 Å². The van der Waals surface area contributed by atoms with Gasteiger partial charge in [-0.3, -0.25) is 0 Å². The largest absolute Gasteiger partial charge is 0.236 e. The minimum Gasteiger partial charge on any atom is -0.236 e. The molecule has 0 atom stereocenters. The zero-order valence-corrected chi connectivity index (χ0v) is 18.2. The molecule has 3 aromatic rings. The van der Waals surface area contributed by atoms with Gasteiger partial charge in [0.25, 0.3) is 0 Å². The summed E-state index contributed by atoms with van der Waals surface area (Å²) in [5.74, 6) is 0.359. The average molecular weight is 469 g/mol. The van der Waals surface area contributed by atoms with Crippen LogP contribution in [0.15, 0.2) is 65.9 Å². The second-order valence-electron chi connectivity index (χ2n) is 7.91. The Morgan fingerprint density at radius 2 is 1.50 bits per heavy atom. The van der Waals surface area contributed by atoms with E-state index in [1.807, 2.05) is 6.08 Å². The van der Waals surface area contributed by atoms with Gasteiger partial charge < -0.3 is 0 Å². The highest BCUT2D eigenvalue weighted by molar-refractivity contribution is 9.10. The van der Waals surface area contributed by atoms with E-state index in [4.69, 9.17) is 0 Å². The quantitative estimate of drug-likeness (QED) is 0.283. The predicted octanol–water partition coefficient (Wildman–Crippen LogP) is 7.70. The molecule has 0 spiro atoms. The second kappa shape index (κ2) is 9.17. The highest BCUT2D eigenvalue weighted by Gasteiger charge is 2.21. The number of halogens is 3. The summed E-state index contributed by atoms with van der Waals surface area (Å²) >= 11 is 2.88. The molecule has 154 valence electrons. The predicted molar refractivity (Wildman–Crippen MR) is 120 cm³/mol. The van der Waals surface area contributed by atoms with Gasteiger partial charge in [0.2, 0.25) is 0 Å². The summed E-state index contributed by atoms with van der Waals surface area (Å²) in [6.07, 6.45) is 11.5. The van der Waals surface area contributed by atoms with Gasteiger partial charge in [-0.2, -0.15) is 0 Å². The minimum absolute atomic E-state index is 0.183. The topological polar surface area (TPSA) is 25.8 Å². The number of hydrogen-bond acceptors (Lipinski definition) is 2. The van der Waals surface area contributed by atoms with Gasteiger partial charge >= 0.3 is 0 Å². The average Bonchev–Trinajstić information content (AvgIpc) is 2.78. The van der Waals surface area contributed by atoms with E-state index in [9.17, 15) is 8.78 Å². The normalized spacial score (nSPS) is 18.9. The minimum atomic E-state index is -0.674. The van der Waals surface area contributed by atoms with E-state index < -0.39 is 11.6 Å². The van der Waals surface area contributed by atoms with Crippen molar-refractivity contribution in [1.29, 1.82) is 0 Å². The summed E-state index contributed by atoms with van der Waals surface area (Å²) in [5, 5.41) is 0. The summed E-state index contributed by atoms with van der Waals surface area (Å²) in [4.78, 5) is 8.61. The van der Waals surface area contributed by atoms with Gasteiger partial charge in [-0.1, -0.05) is 30.3 Å². The molecule has 30 heavy (non-hydrogen) atoms. The lowest BCUT2D eigenvalue weighted by Gasteiger charge is -2.28. The van der Waals surface area contributed by atoms with Gasteiger partial charge in [-0.05, 0) is 83.1 Å². The molecule has 1 aliphatic rings. The third kappa shape index (κ3) is 4.51. The van der Waals surface area contributed by atoms with Crippen molar-refractivity contribution in [2.45, 2.75) is 38.0 Å².